The van der Waals surface area contributed by atoms with E-state index in [9.17, 15) is 18.0 Å². The zero-order valence-corrected chi connectivity index (χ0v) is 20.1. The largest absolute Gasteiger partial charge is 0.397 e. The lowest BCUT2D eigenvalue weighted by Crippen LogP contribution is -2.48. The first-order valence-corrected chi connectivity index (χ1v) is 12.1. The summed E-state index contributed by atoms with van der Waals surface area (Å²) in [4.78, 5) is 29.1. The van der Waals surface area contributed by atoms with E-state index in [4.69, 9.17) is 14.5 Å². The zero-order chi connectivity index (χ0) is 25.8. The molecule has 2 aliphatic rings. The molecule has 1 N–H and O–H groups in total. The third kappa shape index (κ3) is 6.25. The molecule has 5 rings (SSSR count). The standard InChI is InChI=1S/C25H27F3N6O3/c26-25(27,28)14-22(35)34-9-12-37-19(16-34)15-31-24-23-21(29-5-6-30-23)13-20(32-24)17-1-3-18(4-2-17)33-7-10-36-11-8-33/h1-6,13,19H,7-12,14-16H2,(H,31,32). The van der Waals surface area contributed by atoms with E-state index in [-0.39, 0.29) is 26.2 Å². The number of alkyl halides is 3. The van der Waals surface area contributed by atoms with E-state index < -0.39 is 24.6 Å². The van der Waals surface area contributed by atoms with Crippen molar-refractivity contribution in [2.45, 2.75) is 18.7 Å². The van der Waals surface area contributed by atoms with Crippen LogP contribution < -0.4 is 10.2 Å². The molecule has 2 aromatic heterocycles. The molecule has 1 atom stereocenters. The summed E-state index contributed by atoms with van der Waals surface area (Å²) >= 11 is 0. The minimum absolute atomic E-state index is 0.0637. The zero-order valence-electron chi connectivity index (χ0n) is 20.1. The normalized spacial score (nSPS) is 18.7. The number of benzene rings is 1. The molecule has 1 aromatic carbocycles. The van der Waals surface area contributed by atoms with Crippen LogP contribution in [-0.4, -0.2) is 90.6 Å². The van der Waals surface area contributed by atoms with Crippen molar-refractivity contribution < 1.29 is 27.4 Å². The van der Waals surface area contributed by atoms with Crippen molar-refractivity contribution in [3.05, 3.63) is 42.7 Å². The number of pyridine rings is 1. The predicted molar refractivity (Wildman–Crippen MR) is 131 cm³/mol. The first-order chi connectivity index (χ1) is 17.9. The number of amides is 1. The van der Waals surface area contributed by atoms with Gasteiger partial charge in [0.2, 0.25) is 5.91 Å². The number of carbonyl (C=O) groups is 1. The lowest BCUT2D eigenvalue weighted by Gasteiger charge is -2.33. The Hall–Kier alpha value is -3.51. The maximum atomic E-state index is 12.7. The number of rotatable bonds is 6. The highest BCUT2D eigenvalue weighted by molar-refractivity contribution is 5.88. The van der Waals surface area contributed by atoms with E-state index >= 15 is 0 Å². The molecule has 1 amide bonds. The van der Waals surface area contributed by atoms with Crippen LogP contribution in [0, 0.1) is 0 Å². The number of halogens is 3. The number of anilines is 2. The Morgan fingerprint density at radius 1 is 1.05 bits per heavy atom. The van der Waals surface area contributed by atoms with E-state index in [1.54, 1.807) is 12.4 Å². The van der Waals surface area contributed by atoms with Gasteiger partial charge in [0.1, 0.15) is 11.9 Å². The molecule has 196 valence electrons. The topological polar surface area (TPSA) is 92.7 Å². The number of hydrogen-bond acceptors (Lipinski definition) is 8. The molecule has 0 spiro atoms. The van der Waals surface area contributed by atoms with Gasteiger partial charge in [-0.1, -0.05) is 12.1 Å². The fourth-order valence-corrected chi connectivity index (χ4v) is 4.47. The number of hydrogen-bond donors (Lipinski definition) is 1. The van der Waals surface area contributed by atoms with Crippen molar-refractivity contribution in [1.29, 1.82) is 0 Å². The van der Waals surface area contributed by atoms with Crippen LogP contribution in [-0.2, 0) is 14.3 Å². The number of ether oxygens (including phenoxy) is 2. The first-order valence-electron chi connectivity index (χ1n) is 12.1. The fraction of sp³-hybridized carbons (Fsp3) is 0.440. The third-order valence-electron chi connectivity index (χ3n) is 6.34. The van der Waals surface area contributed by atoms with Crippen molar-refractivity contribution in [3.8, 4) is 11.3 Å². The van der Waals surface area contributed by atoms with Gasteiger partial charge in [0, 0.05) is 56.4 Å². The van der Waals surface area contributed by atoms with Crippen LogP contribution >= 0.6 is 0 Å². The second-order valence-corrected chi connectivity index (χ2v) is 8.93. The Bertz CT molecular complexity index is 1230. The fourth-order valence-electron chi connectivity index (χ4n) is 4.47. The highest BCUT2D eigenvalue weighted by atomic mass is 19.4. The molecule has 4 heterocycles. The number of aromatic nitrogens is 3. The van der Waals surface area contributed by atoms with Crippen LogP contribution in [0.15, 0.2) is 42.7 Å². The SMILES string of the molecule is O=C(CC(F)(F)F)N1CCOC(CNc2nc(-c3ccc(N4CCOCC4)cc3)cc3nccnc23)C1. The third-order valence-corrected chi connectivity index (χ3v) is 6.34. The van der Waals surface area contributed by atoms with Crippen molar-refractivity contribution in [2.24, 2.45) is 0 Å². The van der Waals surface area contributed by atoms with Gasteiger partial charge in [-0.2, -0.15) is 13.2 Å². The quantitative estimate of drug-likeness (QED) is 0.535. The predicted octanol–water partition coefficient (Wildman–Crippen LogP) is 3.12. The molecule has 12 heteroatoms. The summed E-state index contributed by atoms with van der Waals surface area (Å²) in [6, 6.07) is 9.99. The van der Waals surface area contributed by atoms with Gasteiger partial charge < -0.3 is 24.6 Å². The summed E-state index contributed by atoms with van der Waals surface area (Å²) in [5, 5.41) is 3.22. The Morgan fingerprint density at radius 3 is 2.57 bits per heavy atom. The monoisotopic (exact) mass is 516 g/mol. The number of morpholine rings is 2. The van der Waals surface area contributed by atoms with E-state index in [0.29, 0.717) is 35.8 Å². The molecular weight excluding hydrogens is 489 g/mol. The Labute approximate surface area is 211 Å². The average molecular weight is 517 g/mol. The molecule has 2 saturated heterocycles. The van der Waals surface area contributed by atoms with E-state index in [2.05, 4.69) is 32.3 Å². The molecule has 0 bridgehead atoms. The minimum Gasteiger partial charge on any atom is -0.378 e. The molecule has 1 unspecified atom stereocenters. The van der Waals surface area contributed by atoms with Crippen molar-refractivity contribution >= 4 is 28.4 Å². The molecule has 2 fully saturated rings. The molecule has 2 aliphatic heterocycles. The molecule has 0 aliphatic carbocycles. The van der Waals surface area contributed by atoms with Crippen LogP contribution in [0.4, 0.5) is 24.7 Å². The first kappa shape index (κ1) is 25.2. The van der Waals surface area contributed by atoms with Crippen LogP contribution in [0.5, 0.6) is 0 Å². The summed E-state index contributed by atoms with van der Waals surface area (Å²) < 4.78 is 49.1. The number of nitrogens with one attached hydrogen (secondary N) is 1. The Morgan fingerprint density at radius 2 is 1.81 bits per heavy atom. The van der Waals surface area contributed by atoms with Gasteiger partial charge in [0.15, 0.2) is 5.82 Å². The summed E-state index contributed by atoms with van der Waals surface area (Å²) in [5.41, 5.74) is 3.95. The molecule has 0 radical (unpaired) electrons. The molecule has 0 saturated carbocycles. The molecule has 9 nitrogen and oxygen atoms in total. The van der Waals surface area contributed by atoms with Crippen LogP contribution in [0.2, 0.25) is 0 Å². The van der Waals surface area contributed by atoms with Gasteiger partial charge in [-0.05, 0) is 18.2 Å². The van der Waals surface area contributed by atoms with E-state index in [1.807, 2.05) is 18.2 Å². The van der Waals surface area contributed by atoms with E-state index in [0.717, 1.165) is 24.3 Å². The smallest absolute Gasteiger partial charge is 0.378 e. The van der Waals surface area contributed by atoms with Crippen molar-refractivity contribution in [2.75, 3.05) is 62.8 Å². The number of carbonyl (C=O) groups excluding carboxylic acids is 1. The van der Waals surface area contributed by atoms with Gasteiger partial charge >= 0.3 is 6.18 Å². The highest BCUT2D eigenvalue weighted by Crippen LogP contribution is 2.28. The Kier molecular flexibility index (Phi) is 7.38. The van der Waals surface area contributed by atoms with E-state index in [1.165, 1.54) is 4.90 Å². The maximum Gasteiger partial charge on any atom is 0.397 e. The Balaban J connectivity index is 1.31. The summed E-state index contributed by atoms with van der Waals surface area (Å²) in [6.07, 6.45) is -3.32. The van der Waals surface area contributed by atoms with Crippen molar-refractivity contribution in [3.63, 3.8) is 0 Å². The van der Waals surface area contributed by atoms with Gasteiger partial charge in [-0.3, -0.25) is 9.78 Å². The second kappa shape index (κ2) is 10.9. The van der Waals surface area contributed by atoms with Crippen molar-refractivity contribution in [1.82, 2.24) is 19.9 Å². The molecule has 37 heavy (non-hydrogen) atoms. The van der Waals surface area contributed by atoms with Crippen LogP contribution in [0.3, 0.4) is 0 Å². The summed E-state index contributed by atoms with van der Waals surface area (Å²) in [5.74, 6) is -0.460. The van der Waals surface area contributed by atoms with Crippen LogP contribution in [0.25, 0.3) is 22.3 Å². The highest BCUT2D eigenvalue weighted by Gasteiger charge is 2.35. The second-order valence-electron chi connectivity index (χ2n) is 8.93. The van der Waals surface area contributed by atoms with Gasteiger partial charge in [0.05, 0.1) is 37.1 Å². The molecular formula is C25H27F3N6O3. The lowest BCUT2D eigenvalue weighted by atomic mass is 10.1. The molecule has 3 aromatic rings. The minimum atomic E-state index is -4.54. The van der Waals surface area contributed by atoms with Gasteiger partial charge in [-0.15, -0.1) is 0 Å². The number of nitrogens with zero attached hydrogens (tertiary/aromatic N) is 5. The average Bonchev–Trinajstić information content (AvgIpc) is 2.91. The lowest BCUT2D eigenvalue weighted by molar-refractivity contribution is -0.165. The van der Waals surface area contributed by atoms with Crippen LogP contribution in [0.1, 0.15) is 6.42 Å². The summed E-state index contributed by atoms with van der Waals surface area (Å²) in [7, 11) is 0. The van der Waals surface area contributed by atoms with Gasteiger partial charge in [0.25, 0.3) is 0 Å². The summed E-state index contributed by atoms with van der Waals surface area (Å²) in [6.45, 7) is 3.72. The maximum absolute atomic E-state index is 12.7. The van der Waals surface area contributed by atoms with Gasteiger partial charge in [-0.25, -0.2) is 9.97 Å². The number of fused-ring (bicyclic) bond motifs is 1.